The number of imide groups is 1. The van der Waals surface area contributed by atoms with Gasteiger partial charge in [0.2, 0.25) is 0 Å². The lowest BCUT2D eigenvalue weighted by molar-refractivity contribution is -0.130. The molecule has 1 aliphatic rings. The Labute approximate surface area is 169 Å². The molecule has 0 bridgehead atoms. The molecule has 1 saturated heterocycles. The molecule has 2 aromatic rings. The molecule has 0 radical (unpaired) electrons. The number of hydrogen-bond donors (Lipinski definition) is 1. The molecule has 3 amide bonds. The Morgan fingerprint density at radius 3 is 2.38 bits per heavy atom. The molecular formula is C22H24N2O5. The molecule has 1 fully saturated rings. The van der Waals surface area contributed by atoms with E-state index in [2.05, 4.69) is 5.32 Å². The molecule has 1 N–H and O–H groups in total. The van der Waals surface area contributed by atoms with E-state index in [0.29, 0.717) is 22.6 Å². The zero-order valence-electron chi connectivity index (χ0n) is 17.2. The lowest BCUT2D eigenvalue weighted by Crippen LogP contribution is -2.41. The lowest BCUT2D eigenvalue weighted by Gasteiger charge is -2.23. The SMILES string of the molecule is COc1ccc([C@]2(C)NC(=O)N(CC(=O)c3cc(C)ccc3C)C2=O)cc1OC. The van der Waals surface area contributed by atoms with Crippen molar-refractivity contribution in [2.45, 2.75) is 26.3 Å². The van der Waals surface area contributed by atoms with E-state index < -0.39 is 17.5 Å². The first-order valence-electron chi connectivity index (χ1n) is 9.18. The summed E-state index contributed by atoms with van der Waals surface area (Å²) < 4.78 is 10.5. The van der Waals surface area contributed by atoms with E-state index in [1.807, 2.05) is 26.0 Å². The second-order valence-corrected chi connectivity index (χ2v) is 7.26. The van der Waals surface area contributed by atoms with E-state index in [1.165, 1.54) is 14.2 Å². The Bertz CT molecular complexity index is 1000. The maximum atomic E-state index is 13.1. The monoisotopic (exact) mass is 396 g/mol. The number of carbonyl (C=O) groups is 3. The van der Waals surface area contributed by atoms with Gasteiger partial charge in [0.1, 0.15) is 5.54 Å². The van der Waals surface area contributed by atoms with Crippen LogP contribution in [0.15, 0.2) is 36.4 Å². The van der Waals surface area contributed by atoms with Crippen LogP contribution in [0.25, 0.3) is 0 Å². The van der Waals surface area contributed by atoms with Gasteiger partial charge in [0.15, 0.2) is 17.3 Å². The molecule has 1 aliphatic heterocycles. The van der Waals surface area contributed by atoms with Crippen molar-refractivity contribution in [3.63, 3.8) is 0 Å². The van der Waals surface area contributed by atoms with E-state index in [-0.39, 0.29) is 12.3 Å². The Morgan fingerprint density at radius 1 is 1.03 bits per heavy atom. The molecule has 0 aliphatic carbocycles. The third-order valence-corrected chi connectivity index (χ3v) is 5.23. The minimum absolute atomic E-state index is 0.286. The van der Waals surface area contributed by atoms with Crippen LogP contribution in [0, 0.1) is 13.8 Å². The maximum absolute atomic E-state index is 13.1. The molecule has 7 heteroatoms. The number of benzene rings is 2. The topological polar surface area (TPSA) is 84.9 Å². The molecule has 1 heterocycles. The van der Waals surface area contributed by atoms with Gasteiger partial charge in [-0.25, -0.2) is 4.79 Å². The van der Waals surface area contributed by atoms with Crippen LogP contribution in [0.5, 0.6) is 11.5 Å². The van der Waals surface area contributed by atoms with Crippen LogP contribution in [0.3, 0.4) is 0 Å². The van der Waals surface area contributed by atoms with Crippen LogP contribution in [0.1, 0.15) is 34.0 Å². The van der Waals surface area contributed by atoms with Gasteiger partial charge in [0.25, 0.3) is 5.91 Å². The molecule has 0 spiro atoms. The number of rotatable bonds is 6. The molecule has 7 nitrogen and oxygen atoms in total. The number of Topliss-reactive ketones (excluding diaryl/α,β-unsaturated/α-hetero) is 1. The molecule has 152 valence electrons. The highest BCUT2D eigenvalue weighted by atomic mass is 16.5. The van der Waals surface area contributed by atoms with Crippen LogP contribution >= 0.6 is 0 Å². The van der Waals surface area contributed by atoms with E-state index in [4.69, 9.17) is 9.47 Å². The standard InChI is InChI=1S/C22H24N2O5/c1-13-6-7-14(2)16(10-13)17(25)12-24-20(26)22(3,23-21(24)27)15-8-9-18(28-4)19(11-15)29-5/h6-11H,12H2,1-5H3,(H,23,27)/t22-/m0/s1. The Kier molecular flexibility index (Phi) is 5.33. The largest absolute Gasteiger partial charge is 0.493 e. The van der Waals surface area contributed by atoms with Gasteiger partial charge >= 0.3 is 6.03 Å². The third-order valence-electron chi connectivity index (χ3n) is 5.23. The number of ketones is 1. The summed E-state index contributed by atoms with van der Waals surface area (Å²) in [4.78, 5) is 39.4. The first kappa shape index (κ1) is 20.4. The van der Waals surface area contributed by atoms with Gasteiger partial charge in [-0.1, -0.05) is 23.8 Å². The van der Waals surface area contributed by atoms with Gasteiger partial charge in [0.05, 0.1) is 20.8 Å². The number of amides is 3. The van der Waals surface area contributed by atoms with Gasteiger partial charge in [-0.2, -0.15) is 0 Å². The molecular weight excluding hydrogens is 372 g/mol. The second-order valence-electron chi connectivity index (χ2n) is 7.26. The summed E-state index contributed by atoms with van der Waals surface area (Å²) in [5, 5.41) is 2.71. The highest BCUT2D eigenvalue weighted by Gasteiger charge is 2.49. The molecule has 0 saturated carbocycles. The molecule has 3 rings (SSSR count). The summed E-state index contributed by atoms with van der Waals surface area (Å²) in [6.45, 7) is 5.00. The first-order valence-corrected chi connectivity index (χ1v) is 9.18. The van der Waals surface area contributed by atoms with Gasteiger partial charge in [0, 0.05) is 5.56 Å². The normalized spacial score (nSPS) is 18.6. The zero-order chi connectivity index (χ0) is 21.3. The summed E-state index contributed by atoms with van der Waals surface area (Å²) in [7, 11) is 3.01. The fourth-order valence-electron chi connectivity index (χ4n) is 3.45. The summed E-state index contributed by atoms with van der Waals surface area (Å²) in [6.07, 6.45) is 0. The van der Waals surface area contributed by atoms with Crippen molar-refractivity contribution in [2.75, 3.05) is 20.8 Å². The van der Waals surface area contributed by atoms with E-state index in [1.54, 1.807) is 31.2 Å². The summed E-state index contributed by atoms with van der Waals surface area (Å²) in [5.41, 5.74) is 1.47. The minimum Gasteiger partial charge on any atom is -0.493 e. The number of methoxy groups -OCH3 is 2. The van der Waals surface area contributed by atoms with Crippen LogP contribution in [-0.4, -0.2) is 43.4 Å². The van der Waals surface area contributed by atoms with Crippen molar-refractivity contribution in [1.82, 2.24) is 10.2 Å². The van der Waals surface area contributed by atoms with Gasteiger partial charge in [-0.15, -0.1) is 0 Å². The van der Waals surface area contributed by atoms with Crippen molar-refractivity contribution < 1.29 is 23.9 Å². The summed E-state index contributed by atoms with van der Waals surface area (Å²) in [5.74, 6) is 0.177. The number of carbonyl (C=O) groups excluding carboxylic acids is 3. The third kappa shape index (κ3) is 3.55. The second kappa shape index (κ2) is 7.58. The molecule has 1 atom stereocenters. The Balaban J connectivity index is 1.89. The highest BCUT2D eigenvalue weighted by molar-refractivity contribution is 6.11. The van der Waals surface area contributed by atoms with Crippen molar-refractivity contribution >= 4 is 17.7 Å². The van der Waals surface area contributed by atoms with Gasteiger partial charge in [-0.3, -0.25) is 14.5 Å². The van der Waals surface area contributed by atoms with Crippen LogP contribution < -0.4 is 14.8 Å². The number of ether oxygens (including phenoxy) is 2. The fraction of sp³-hybridized carbons (Fsp3) is 0.318. The van der Waals surface area contributed by atoms with Crippen molar-refractivity contribution in [1.29, 1.82) is 0 Å². The predicted octanol–water partition coefficient (Wildman–Crippen LogP) is 2.97. The van der Waals surface area contributed by atoms with Crippen molar-refractivity contribution in [3.05, 3.63) is 58.7 Å². The smallest absolute Gasteiger partial charge is 0.325 e. The van der Waals surface area contributed by atoms with Crippen molar-refractivity contribution in [2.24, 2.45) is 0 Å². The summed E-state index contributed by atoms with van der Waals surface area (Å²) in [6, 6.07) is 9.93. The van der Waals surface area contributed by atoms with Gasteiger partial charge < -0.3 is 14.8 Å². The first-order chi connectivity index (χ1) is 13.7. The zero-order valence-corrected chi connectivity index (χ0v) is 17.2. The van der Waals surface area contributed by atoms with Crippen LogP contribution in [-0.2, 0) is 10.3 Å². The van der Waals surface area contributed by atoms with Crippen LogP contribution in [0.2, 0.25) is 0 Å². The maximum Gasteiger partial charge on any atom is 0.325 e. The molecule has 29 heavy (non-hydrogen) atoms. The number of nitrogens with one attached hydrogen (secondary N) is 1. The molecule has 0 aromatic heterocycles. The van der Waals surface area contributed by atoms with E-state index in [0.717, 1.165) is 16.0 Å². The Hall–Kier alpha value is -3.35. The predicted molar refractivity (Wildman–Crippen MR) is 107 cm³/mol. The minimum atomic E-state index is -1.31. The number of nitrogens with zero attached hydrogens (tertiary/aromatic N) is 1. The van der Waals surface area contributed by atoms with E-state index in [9.17, 15) is 14.4 Å². The lowest BCUT2D eigenvalue weighted by atomic mass is 9.91. The number of aryl methyl sites for hydroxylation is 2. The molecule has 0 unspecified atom stereocenters. The summed E-state index contributed by atoms with van der Waals surface area (Å²) >= 11 is 0. The number of hydrogen-bond acceptors (Lipinski definition) is 5. The quantitative estimate of drug-likeness (QED) is 0.599. The fourth-order valence-corrected chi connectivity index (χ4v) is 3.45. The van der Waals surface area contributed by atoms with Crippen molar-refractivity contribution in [3.8, 4) is 11.5 Å². The average Bonchev–Trinajstić information content (AvgIpc) is 2.93. The Morgan fingerprint density at radius 2 is 1.72 bits per heavy atom. The van der Waals surface area contributed by atoms with Crippen LogP contribution in [0.4, 0.5) is 4.79 Å². The molecule has 2 aromatic carbocycles. The number of urea groups is 1. The highest BCUT2D eigenvalue weighted by Crippen LogP contribution is 2.35. The van der Waals surface area contributed by atoms with Gasteiger partial charge in [-0.05, 0) is 50.1 Å². The van der Waals surface area contributed by atoms with E-state index >= 15 is 0 Å². The average molecular weight is 396 g/mol.